The molecular weight excluding hydrogens is 462 g/mol. The summed E-state index contributed by atoms with van der Waals surface area (Å²) in [6.45, 7) is 3.51. The van der Waals surface area contributed by atoms with Crippen molar-refractivity contribution in [3.8, 4) is 38.9 Å². The fourth-order valence-electron chi connectivity index (χ4n) is 3.89. The molecule has 0 fully saturated rings. The van der Waals surface area contributed by atoms with Gasteiger partial charge in [0, 0.05) is 23.1 Å². The van der Waals surface area contributed by atoms with Crippen LogP contribution >= 0.6 is 11.3 Å². The summed E-state index contributed by atoms with van der Waals surface area (Å²) >= 11 is 1.15. The molecule has 0 radical (unpaired) electrons. The van der Waals surface area contributed by atoms with Crippen LogP contribution in [-0.4, -0.2) is 46.4 Å². The second-order valence-electron chi connectivity index (χ2n) is 7.42. The molecule has 0 aliphatic carbocycles. The van der Waals surface area contributed by atoms with E-state index in [0.717, 1.165) is 11.3 Å². The lowest BCUT2D eigenvalue weighted by Crippen LogP contribution is -2.28. The van der Waals surface area contributed by atoms with E-state index in [9.17, 15) is 19.5 Å². The molecule has 10 nitrogen and oxygen atoms in total. The molecular formula is C23H23N3O7S. The van der Waals surface area contributed by atoms with Gasteiger partial charge in [-0.15, -0.1) is 11.3 Å². The van der Waals surface area contributed by atoms with Crippen molar-refractivity contribution in [1.82, 2.24) is 14.5 Å². The SMILES string of the molecule is CCOC(=O)c1c(C)sc(-c2c(-c3ccc(OC)c(OC)c3)[nH]c3c2c(=O)[nH]c(=O)n3C)c1O. The van der Waals surface area contributed by atoms with E-state index >= 15 is 0 Å². The number of carbonyl (C=O) groups excluding carboxylic acids is 1. The van der Waals surface area contributed by atoms with Crippen molar-refractivity contribution < 1.29 is 24.1 Å². The smallest absolute Gasteiger partial charge is 0.343 e. The average Bonchev–Trinajstić information content (AvgIpc) is 3.34. The number of thiophene rings is 1. The maximum atomic E-state index is 13.0. The van der Waals surface area contributed by atoms with Gasteiger partial charge < -0.3 is 24.3 Å². The van der Waals surface area contributed by atoms with Crippen LogP contribution in [0.3, 0.4) is 0 Å². The van der Waals surface area contributed by atoms with Crippen molar-refractivity contribution in [3.63, 3.8) is 0 Å². The Hall–Kier alpha value is -3.99. The van der Waals surface area contributed by atoms with E-state index in [4.69, 9.17) is 14.2 Å². The van der Waals surface area contributed by atoms with Gasteiger partial charge in [0.25, 0.3) is 5.56 Å². The molecule has 0 amide bonds. The van der Waals surface area contributed by atoms with Crippen molar-refractivity contribution in [2.75, 3.05) is 20.8 Å². The molecule has 4 rings (SSSR count). The van der Waals surface area contributed by atoms with Crippen LogP contribution in [-0.2, 0) is 11.8 Å². The molecule has 0 bridgehead atoms. The number of H-pyrrole nitrogens is 2. The number of hydrogen-bond acceptors (Lipinski definition) is 8. The molecule has 1 aromatic carbocycles. The number of aromatic hydroxyl groups is 1. The maximum Gasteiger partial charge on any atom is 0.343 e. The topological polar surface area (TPSA) is 136 Å². The molecule has 3 aromatic heterocycles. The summed E-state index contributed by atoms with van der Waals surface area (Å²) in [5.41, 5.74) is 0.489. The van der Waals surface area contributed by atoms with E-state index < -0.39 is 17.2 Å². The lowest BCUT2D eigenvalue weighted by Gasteiger charge is -2.10. The van der Waals surface area contributed by atoms with E-state index in [0.29, 0.717) is 38.1 Å². The van der Waals surface area contributed by atoms with Gasteiger partial charge in [0.1, 0.15) is 17.0 Å². The zero-order valence-electron chi connectivity index (χ0n) is 19.2. The number of rotatable bonds is 6. The molecule has 3 heterocycles. The lowest BCUT2D eigenvalue weighted by atomic mass is 10.0. The first-order valence-corrected chi connectivity index (χ1v) is 11.1. The van der Waals surface area contributed by atoms with Crippen LogP contribution in [0.15, 0.2) is 27.8 Å². The number of fused-ring (bicyclic) bond motifs is 1. The van der Waals surface area contributed by atoms with Crippen LogP contribution < -0.4 is 20.7 Å². The van der Waals surface area contributed by atoms with Gasteiger partial charge in [0.2, 0.25) is 0 Å². The zero-order chi connectivity index (χ0) is 24.7. The number of methoxy groups -OCH3 is 2. The standard InChI is InChI=1S/C23H23N3O7S/c1-6-33-22(29)14-10(2)34-19(18(14)27)15-16-20(26(3)23(30)25-21(16)28)24-17(15)11-7-8-12(31-4)13(9-11)32-5/h7-9,24,27H,6H2,1-5H3,(H,25,28,30). The van der Waals surface area contributed by atoms with Crippen LogP contribution in [0.1, 0.15) is 22.2 Å². The number of ether oxygens (including phenoxy) is 3. The summed E-state index contributed by atoms with van der Waals surface area (Å²) in [7, 11) is 4.54. The summed E-state index contributed by atoms with van der Waals surface area (Å²) in [6.07, 6.45) is 0. The molecule has 34 heavy (non-hydrogen) atoms. The molecule has 0 aliphatic rings. The lowest BCUT2D eigenvalue weighted by molar-refractivity contribution is 0.0523. The van der Waals surface area contributed by atoms with E-state index in [-0.39, 0.29) is 29.0 Å². The Balaban J connectivity index is 2.11. The normalized spacial score (nSPS) is 11.1. The first kappa shape index (κ1) is 23.2. The number of aromatic nitrogens is 3. The number of carbonyl (C=O) groups is 1. The molecule has 0 saturated carbocycles. The Bertz CT molecular complexity index is 1540. The highest BCUT2D eigenvalue weighted by Crippen LogP contribution is 2.48. The van der Waals surface area contributed by atoms with E-state index in [2.05, 4.69) is 9.97 Å². The minimum absolute atomic E-state index is 0.0377. The predicted octanol–water partition coefficient (Wildman–Crippen LogP) is 3.16. The zero-order valence-corrected chi connectivity index (χ0v) is 20.0. The number of hydrogen-bond donors (Lipinski definition) is 3. The summed E-state index contributed by atoms with van der Waals surface area (Å²) in [5, 5.41) is 11.2. The van der Waals surface area contributed by atoms with Crippen LogP contribution in [0.2, 0.25) is 0 Å². The summed E-state index contributed by atoms with van der Waals surface area (Å²) in [6, 6.07) is 5.17. The highest BCUT2D eigenvalue weighted by Gasteiger charge is 2.29. The molecule has 0 aliphatic heterocycles. The maximum absolute atomic E-state index is 13.0. The van der Waals surface area contributed by atoms with E-state index in [1.54, 1.807) is 32.0 Å². The Morgan fingerprint density at radius 3 is 2.50 bits per heavy atom. The monoisotopic (exact) mass is 485 g/mol. The number of nitrogens with one attached hydrogen (secondary N) is 2. The predicted molar refractivity (Wildman–Crippen MR) is 128 cm³/mol. The number of esters is 1. The van der Waals surface area contributed by atoms with Gasteiger partial charge in [-0.2, -0.15) is 0 Å². The minimum Gasteiger partial charge on any atom is -0.505 e. The molecule has 0 atom stereocenters. The third-order valence-electron chi connectivity index (χ3n) is 5.51. The van der Waals surface area contributed by atoms with Crippen LogP contribution in [0.5, 0.6) is 17.2 Å². The first-order chi connectivity index (χ1) is 16.2. The van der Waals surface area contributed by atoms with Gasteiger partial charge >= 0.3 is 11.7 Å². The Morgan fingerprint density at radius 1 is 1.15 bits per heavy atom. The van der Waals surface area contributed by atoms with Crippen molar-refractivity contribution in [2.24, 2.45) is 7.05 Å². The number of nitrogens with zero attached hydrogens (tertiary/aromatic N) is 1. The molecule has 11 heteroatoms. The third-order valence-corrected chi connectivity index (χ3v) is 6.62. The van der Waals surface area contributed by atoms with Crippen LogP contribution in [0.4, 0.5) is 0 Å². The first-order valence-electron chi connectivity index (χ1n) is 10.3. The van der Waals surface area contributed by atoms with Gasteiger partial charge in [0.15, 0.2) is 11.5 Å². The third kappa shape index (κ3) is 3.54. The Morgan fingerprint density at radius 2 is 1.85 bits per heavy atom. The summed E-state index contributed by atoms with van der Waals surface area (Å²) < 4.78 is 17.1. The van der Waals surface area contributed by atoms with Crippen molar-refractivity contribution in [3.05, 3.63) is 49.5 Å². The summed E-state index contributed by atoms with van der Waals surface area (Å²) in [4.78, 5) is 44.0. The van der Waals surface area contributed by atoms with Gasteiger partial charge in [-0.25, -0.2) is 9.59 Å². The Labute approximate surface area is 197 Å². The number of aryl methyl sites for hydroxylation is 2. The van der Waals surface area contributed by atoms with Crippen molar-refractivity contribution in [1.29, 1.82) is 0 Å². The highest BCUT2D eigenvalue weighted by molar-refractivity contribution is 7.16. The van der Waals surface area contributed by atoms with Gasteiger partial charge in [-0.3, -0.25) is 14.3 Å². The Kier molecular flexibility index (Phi) is 5.96. The molecule has 178 valence electrons. The fraction of sp³-hybridized carbons (Fsp3) is 0.261. The van der Waals surface area contributed by atoms with Crippen molar-refractivity contribution >= 4 is 28.3 Å². The summed E-state index contributed by atoms with van der Waals surface area (Å²) in [5.74, 6) is 0.00502. The quantitative estimate of drug-likeness (QED) is 0.357. The fourth-order valence-corrected chi connectivity index (χ4v) is 4.98. The van der Waals surface area contributed by atoms with Crippen molar-refractivity contribution in [2.45, 2.75) is 13.8 Å². The molecule has 4 aromatic rings. The minimum atomic E-state index is -0.659. The number of aromatic amines is 2. The molecule has 0 spiro atoms. The van der Waals surface area contributed by atoms with Crippen LogP contribution in [0.25, 0.3) is 32.7 Å². The van der Waals surface area contributed by atoms with Gasteiger partial charge in [-0.05, 0) is 32.0 Å². The molecule has 3 N–H and O–H groups in total. The largest absolute Gasteiger partial charge is 0.505 e. The second kappa shape index (κ2) is 8.75. The van der Waals surface area contributed by atoms with Crippen LogP contribution in [0, 0.1) is 6.92 Å². The number of benzene rings is 1. The molecule has 0 saturated heterocycles. The second-order valence-corrected chi connectivity index (χ2v) is 8.64. The highest BCUT2D eigenvalue weighted by atomic mass is 32.1. The van der Waals surface area contributed by atoms with E-state index in [1.807, 2.05) is 0 Å². The average molecular weight is 486 g/mol. The molecule has 0 unspecified atom stereocenters. The van der Waals surface area contributed by atoms with Gasteiger partial charge in [0.05, 0.1) is 36.8 Å². The van der Waals surface area contributed by atoms with Gasteiger partial charge in [-0.1, -0.05) is 0 Å². The van der Waals surface area contributed by atoms with E-state index in [1.165, 1.54) is 25.8 Å².